The first-order valence-corrected chi connectivity index (χ1v) is 10.6. The van der Waals surface area contributed by atoms with Crippen molar-refractivity contribution in [2.24, 2.45) is 11.8 Å². The van der Waals surface area contributed by atoms with Gasteiger partial charge in [-0.05, 0) is 41.5 Å². The summed E-state index contributed by atoms with van der Waals surface area (Å²) in [5.74, 6) is 0.682. The molecule has 0 spiro atoms. The zero-order valence-electron chi connectivity index (χ0n) is 17.1. The molecular weight excluding hydrogens is 372 g/mol. The van der Waals surface area contributed by atoms with Crippen molar-refractivity contribution in [2.45, 2.75) is 25.6 Å². The van der Waals surface area contributed by atoms with E-state index in [1.54, 1.807) is 0 Å². The van der Waals surface area contributed by atoms with Crippen molar-refractivity contribution in [2.75, 3.05) is 6.61 Å². The minimum absolute atomic E-state index is 0.0558. The van der Waals surface area contributed by atoms with Crippen LogP contribution in [0.15, 0.2) is 103 Å². The van der Waals surface area contributed by atoms with Crippen LogP contribution in [0.5, 0.6) is 0 Å². The van der Waals surface area contributed by atoms with Crippen molar-refractivity contribution < 1.29 is 14.5 Å². The summed E-state index contributed by atoms with van der Waals surface area (Å²) in [4.78, 5) is 11.1. The van der Waals surface area contributed by atoms with E-state index in [-0.39, 0.29) is 6.10 Å². The van der Waals surface area contributed by atoms with Crippen molar-refractivity contribution in [3.05, 3.63) is 120 Å². The van der Waals surface area contributed by atoms with Gasteiger partial charge in [0.1, 0.15) is 19.3 Å². The Labute approximate surface area is 178 Å². The number of benzene rings is 3. The average Bonchev–Trinajstić information content (AvgIpc) is 2.80. The van der Waals surface area contributed by atoms with E-state index < -0.39 is 0 Å². The van der Waals surface area contributed by atoms with Gasteiger partial charge in [0.25, 0.3) is 0 Å². The van der Waals surface area contributed by atoms with Crippen LogP contribution in [0.2, 0.25) is 0 Å². The monoisotopic (exact) mass is 400 g/mol. The van der Waals surface area contributed by atoms with Gasteiger partial charge in [-0.15, -0.1) is 0 Å². The lowest BCUT2D eigenvalue weighted by atomic mass is 9.78. The summed E-state index contributed by atoms with van der Waals surface area (Å²) in [6.45, 7) is 0.833. The van der Waals surface area contributed by atoms with Gasteiger partial charge in [-0.3, -0.25) is 0 Å². The topological polar surface area (TPSA) is 27.7 Å². The summed E-state index contributed by atoms with van der Waals surface area (Å²) in [6.07, 6.45) is 5.90. The lowest BCUT2D eigenvalue weighted by molar-refractivity contribution is -0.317. The van der Waals surface area contributed by atoms with E-state index in [1.165, 1.54) is 11.1 Å². The van der Waals surface area contributed by atoms with Crippen LogP contribution in [0.3, 0.4) is 0 Å². The third kappa shape index (κ3) is 5.82. The highest BCUT2D eigenvalue weighted by atomic mass is 17.2. The van der Waals surface area contributed by atoms with Gasteiger partial charge in [-0.1, -0.05) is 91.0 Å². The normalized spacial score (nSPS) is 20.6. The molecule has 0 radical (unpaired) electrons. The van der Waals surface area contributed by atoms with E-state index in [4.69, 9.17) is 14.5 Å². The first-order valence-electron chi connectivity index (χ1n) is 10.6. The number of hydrogen-bond acceptors (Lipinski definition) is 3. The number of ether oxygens (including phenoxy) is 1. The van der Waals surface area contributed by atoms with Crippen LogP contribution >= 0.6 is 0 Å². The molecule has 1 heterocycles. The molecule has 0 unspecified atom stereocenters. The highest BCUT2D eigenvalue weighted by molar-refractivity contribution is 5.20. The molecule has 1 aliphatic heterocycles. The molecule has 0 aliphatic carbocycles. The Bertz CT molecular complexity index is 893. The molecule has 0 saturated heterocycles. The molecule has 3 nitrogen and oxygen atoms in total. The van der Waals surface area contributed by atoms with E-state index in [1.807, 2.05) is 36.6 Å². The highest BCUT2D eigenvalue weighted by Gasteiger charge is 2.33. The maximum absolute atomic E-state index is 6.00. The molecule has 0 fully saturated rings. The second-order valence-corrected chi connectivity index (χ2v) is 7.74. The first-order chi connectivity index (χ1) is 14.9. The summed E-state index contributed by atoms with van der Waals surface area (Å²) >= 11 is 0. The van der Waals surface area contributed by atoms with E-state index in [0.717, 1.165) is 18.4 Å². The van der Waals surface area contributed by atoms with Crippen LogP contribution in [0.25, 0.3) is 0 Å². The summed E-state index contributed by atoms with van der Waals surface area (Å²) < 4.78 is 6.00. The lowest BCUT2D eigenvalue weighted by Crippen LogP contribution is -2.37. The zero-order valence-corrected chi connectivity index (χ0v) is 17.1. The molecule has 0 aromatic heterocycles. The Hall–Kier alpha value is -2.88. The lowest BCUT2D eigenvalue weighted by Gasteiger charge is -2.35. The molecule has 4 rings (SSSR count). The summed E-state index contributed by atoms with van der Waals surface area (Å²) in [7, 11) is 0. The second-order valence-electron chi connectivity index (χ2n) is 7.74. The predicted molar refractivity (Wildman–Crippen MR) is 118 cm³/mol. The molecule has 1 aliphatic rings. The number of allylic oxidation sites excluding steroid dienone is 1. The fourth-order valence-electron chi connectivity index (χ4n) is 4.00. The molecule has 0 N–H and O–H groups in total. The molecule has 3 aromatic rings. The smallest absolute Gasteiger partial charge is 0.128 e. The van der Waals surface area contributed by atoms with Gasteiger partial charge in [-0.25, -0.2) is 9.78 Å². The third-order valence-corrected chi connectivity index (χ3v) is 5.62. The third-order valence-electron chi connectivity index (χ3n) is 5.62. The Morgan fingerprint density at radius 3 is 1.83 bits per heavy atom. The molecule has 3 atom stereocenters. The standard InChI is InChI=1S/C27H28O3/c1-4-10-22(11-5-1)18-25-16-17-28-27(26(25)19-23-12-6-2-7-13-23)21-30-29-20-24-14-8-3-9-15-24/h1-17,25-27H,18-21H2/t25-,26-,27-/m0/s1. The first kappa shape index (κ1) is 20.4. The predicted octanol–water partition coefficient (Wildman–Crippen LogP) is 5.77. The van der Waals surface area contributed by atoms with E-state index in [9.17, 15) is 0 Å². The van der Waals surface area contributed by atoms with Gasteiger partial charge in [0, 0.05) is 5.92 Å². The Balaban J connectivity index is 1.41. The van der Waals surface area contributed by atoms with Crippen LogP contribution in [-0.2, 0) is 34.0 Å². The van der Waals surface area contributed by atoms with Crippen LogP contribution in [0, 0.1) is 11.8 Å². The van der Waals surface area contributed by atoms with Gasteiger partial charge in [0.2, 0.25) is 0 Å². The quantitative estimate of drug-likeness (QED) is 0.259. The van der Waals surface area contributed by atoms with Gasteiger partial charge in [0.15, 0.2) is 0 Å². The molecule has 154 valence electrons. The van der Waals surface area contributed by atoms with Gasteiger partial charge < -0.3 is 4.74 Å². The second kappa shape index (κ2) is 10.8. The van der Waals surface area contributed by atoms with Crippen LogP contribution in [0.1, 0.15) is 16.7 Å². The van der Waals surface area contributed by atoms with Crippen LogP contribution in [-0.4, -0.2) is 12.7 Å². The largest absolute Gasteiger partial charge is 0.495 e. The van der Waals surface area contributed by atoms with Crippen molar-refractivity contribution in [3.63, 3.8) is 0 Å². The molecule has 3 heteroatoms. The fraction of sp³-hybridized carbons (Fsp3) is 0.259. The minimum Gasteiger partial charge on any atom is -0.495 e. The van der Waals surface area contributed by atoms with E-state index in [0.29, 0.717) is 25.0 Å². The molecule has 30 heavy (non-hydrogen) atoms. The Kier molecular flexibility index (Phi) is 7.32. The van der Waals surface area contributed by atoms with E-state index in [2.05, 4.69) is 66.7 Å². The molecule has 3 aromatic carbocycles. The average molecular weight is 401 g/mol. The minimum atomic E-state index is -0.0558. The summed E-state index contributed by atoms with van der Waals surface area (Å²) in [5.41, 5.74) is 3.74. The van der Waals surface area contributed by atoms with Crippen LogP contribution < -0.4 is 0 Å². The molecule has 0 bridgehead atoms. The Morgan fingerprint density at radius 2 is 1.20 bits per heavy atom. The summed E-state index contributed by atoms with van der Waals surface area (Å²) in [5, 5.41) is 0. The van der Waals surface area contributed by atoms with Crippen molar-refractivity contribution in [1.82, 2.24) is 0 Å². The fourth-order valence-corrected chi connectivity index (χ4v) is 4.00. The van der Waals surface area contributed by atoms with Gasteiger partial charge in [0.05, 0.1) is 6.26 Å². The van der Waals surface area contributed by atoms with Crippen LogP contribution in [0.4, 0.5) is 0 Å². The van der Waals surface area contributed by atoms with Crippen molar-refractivity contribution in [3.8, 4) is 0 Å². The molecular formula is C27H28O3. The van der Waals surface area contributed by atoms with Gasteiger partial charge in [-0.2, -0.15) is 0 Å². The van der Waals surface area contributed by atoms with Crippen molar-refractivity contribution >= 4 is 0 Å². The maximum Gasteiger partial charge on any atom is 0.128 e. The highest BCUT2D eigenvalue weighted by Crippen LogP contribution is 2.31. The molecule has 0 amide bonds. The van der Waals surface area contributed by atoms with Gasteiger partial charge >= 0.3 is 0 Å². The van der Waals surface area contributed by atoms with E-state index >= 15 is 0 Å². The molecule has 0 saturated carbocycles. The summed E-state index contributed by atoms with van der Waals surface area (Å²) in [6, 6.07) is 31.3. The van der Waals surface area contributed by atoms with Crippen molar-refractivity contribution in [1.29, 1.82) is 0 Å². The SMILES string of the molecule is C1=C[C@@H](Cc2ccccc2)[C@H](Cc2ccccc2)[C@H](COOCc2ccccc2)O1. The zero-order chi connectivity index (χ0) is 20.4. The Morgan fingerprint density at radius 1 is 0.633 bits per heavy atom. The number of rotatable bonds is 9. The number of hydrogen-bond donors (Lipinski definition) is 0. The maximum atomic E-state index is 6.00.